The molecule has 0 radical (unpaired) electrons. The molecule has 8 heteroatoms. The average molecular weight is 327 g/mol. The Bertz CT molecular complexity index is 746. The monoisotopic (exact) mass is 327 g/mol. The van der Waals surface area contributed by atoms with Crippen molar-refractivity contribution in [2.75, 3.05) is 17.3 Å². The highest BCUT2D eigenvalue weighted by Gasteiger charge is 2.19. The molecule has 0 saturated heterocycles. The lowest BCUT2D eigenvalue weighted by molar-refractivity contribution is -0.118. The summed E-state index contributed by atoms with van der Waals surface area (Å²) < 4.78 is 22.4. The van der Waals surface area contributed by atoms with Gasteiger partial charge in [-0.2, -0.15) is 5.10 Å². The van der Waals surface area contributed by atoms with Gasteiger partial charge in [-0.05, 0) is 23.9 Å². The van der Waals surface area contributed by atoms with E-state index in [1.165, 1.54) is 0 Å². The molecule has 2 rings (SSSR count). The highest BCUT2D eigenvalue weighted by atomic mass is 32.2. The maximum absolute atomic E-state index is 11.9. The van der Waals surface area contributed by atoms with Gasteiger partial charge in [-0.3, -0.25) is 9.89 Å². The first-order chi connectivity index (χ1) is 9.76. The number of carbonyl (C=O) groups excluding carboxylic acids is 1. The van der Waals surface area contributed by atoms with E-state index in [9.17, 15) is 13.2 Å². The minimum Gasteiger partial charge on any atom is -0.309 e. The Labute approximate surface area is 127 Å². The molecule has 0 saturated carbocycles. The molecule has 0 aliphatic heterocycles. The topological polar surface area (TPSA) is 91.9 Å². The molecule has 21 heavy (non-hydrogen) atoms. The summed E-state index contributed by atoms with van der Waals surface area (Å²) in [7, 11) is -3.18. The van der Waals surface area contributed by atoms with Crippen LogP contribution in [0.2, 0.25) is 0 Å². The fourth-order valence-electron chi connectivity index (χ4n) is 1.93. The van der Waals surface area contributed by atoms with Crippen molar-refractivity contribution in [3.63, 3.8) is 0 Å². The molecule has 2 N–H and O–H groups in total. The predicted molar refractivity (Wildman–Crippen MR) is 84.1 cm³/mol. The molecular formula is C13H17N3O3S2. The Morgan fingerprint density at radius 1 is 1.52 bits per heavy atom. The number of hydrogen-bond donors (Lipinski definition) is 2. The number of aromatic nitrogens is 2. The summed E-state index contributed by atoms with van der Waals surface area (Å²) in [6.45, 7) is 3.58. The third-order valence-corrected chi connectivity index (χ3v) is 5.09. The van der Waals surface area contributed by atoms with Crippen molar-refractivity contribution in [1.82, 2.24) is 10.2 Å². The van der Waals surface area contributed by atoms with Gasteiger partial charge in [0.1, 0.15) is 9.84 Å². The number of rotatable bonds is 5. The second-order valence-corrected chi connectivity index (χ2v) is 8.18. The Balaban J connectivity index is 2.06. The molecule has 0 fully saturated rings. The molecule has 2 aromatic rings. The number of hydrogen-bond acceptors (Lipinski definition) is 5. The van der Waals surface area contributed by atoms with Crippen molar-refractivity contribution < 1.29 is 13.2 Å². The van der Waals surface area contributed by atoms with Crippen LogP contribution >= 0.6 is 11.3 Å². The van der Waals surface area contributed by atoms with Gasteiger partial charge in [0.2, 0.25) is 5.91 Å². The highest BCUT2D eigenvalue weighted by molar-refractivity contribution is 7.90. The molecule has 2 heterocycles. The van der Waals surface area contributed by atoms with Crippen LogP contribution in [0.3, 0.4) is 0 Å². The second-order valence-electron chi connectivity index (χ2n) is 5.08. The molecule has 6 nitrogen and oxygen atoms in total. The van der Waals surface area contributed by atoms with E-state index in [1.807, 2.05) is 18.4 Å². The van der Waals surface area contributed by atoms with E-state index in [0.717, 1.165) is 22.4 Å². The van der Waals surface area contributed by atoms with Crippen LogP contribution in [-0.2, 0) is 14.6 Å². The lowest BCUT2D eigenvalue weighted by Gasteiger charge is -2.08. The highest BCUT2D eigenvalue weighted by Crippen LogP contribution is 2.28. The summed E-state index contributed by atoms with van der Waals surface area (Å²) in [6, 6.07) is 3.75. The Kier molecular flexibility index (Phi) is 4.48. The lowest BCUT2D eigenvalue weighted by Crippen LogP contribution is -2.26. The van der Waals surface area contributed by atoms with Gasteiger partial charge in [-0.1, -0.05) is 6.92 Å². The zero-order chi connectivity index (χ0) is 15.6. The third-order valence-electron chi connectivity index (χ3n) is 2.94. The average Bonchev–Trinajstić information content (AvgIpc) is 2.95. The second kappa shape index (κ2) is 5.98. The van der Waals surface area contributed by atoms with E-state index in [4.69, 9.17) is 0 Å². The number of sulfone groups is 1. The van der Waals surface area contributed by atoms with Gasteiger partial charge >= 0.3 is 0 Å². The Morgan fingerprint density at radius 2 is 2.24 bits per heavy atom. The number of H-pyrrole nitrogens is 1. The molecule has 1 atom stereocenters. The van der Waals surface area contributed by atoms with Crippen molar-refractivity contribution in [3.8, 4) is 10.6 Å². The SMILES string of the molecule is Cc1ccsc1-c1cc(NC(=O)[C@@H](C)CS(C)(=O)=O)n[nH]1. The maximum atomic E-state index is 11.9. The van der Waals surface area contributed by atoms with E-state index in [0.29, 0.717) is 5.82 Å². The number of thiophene rings is 1. The summed E-state index contributed by atoms with van der Waals surface area (Å²) in [5, 5.41) is 11.5. The van der Waals surface area contributed by atoms with Gasteiger partial charge in [0, 0.05) is 18.2 Å². The minimum absolute atomic E-state index is 0.180. The number of carbonyl (C=O) groups is 1. The van der Waals surface area contributed by atoms with Gasteiger partial charge in [0.05, 0.1) is 16.3 Å². The van der Waals surface area contributed by atoms with E-state index in [2.05, 4.69) is 15.5 Å². The van der Waals surface area contributed by atoms with Gasteiger partial charge in [0.15, 0.2) is 5.82 Å². The number of aryl methyl sites for hydroxylation is 1. The quantitative estimate of drug-likeness (QED) is 0.879. The predicted octanol–water partition coefficient (Wildman–Crippen LogP) is 2.07. The van der Waals surface area contributed by atoms with Crippen LogP contribution in [0.5, 0.6) is 0 Å². The van der Waals surface area contributed by atoms with E-state index in [1.54, 1.807) is 24.3 Å². The molecule has 0 spiro atoms. The van der Waals surface area contributed by atoms with Crippen LogP contribution in [0.15, 0.2) is 17.5 Å². The van der Waals surface area contributed by atoms with Crippen LogP contribution in [0.25, 0.3) is 10.6 Å². The van der Waals surface area contributed by atoms with Gasteiger partial charge in [-0.25, -0.2) is 8.42 Å². The summed E-state index contributed by atoms with van der Waals surface area (Å²) in [5.74, 6) is -0.770. The smallest absolute Gasteiger partial charge is 0.229 e. The van der Waals surface area contributed by atoms with Crippen molar-refractivity contribution in [3.05, 3.63) is 23.1 Å². The van der Waals surface area contributed by atoms with Crippen LogP contribution in [-0.4, -0.2) is 36.5 Å². The Morgan fingerprint density at radius 3 is 2.81 bits per heavy atom. The van der Waals surface area contributed by atoms with Crippen molar-refractivity contribution in [1.29, 1.82) is 0 Å². The molecule has 0 bridgehead atoms. The van der Waals surface area contributed by atoms with E-state index >= 15 is 0 Å². The summed E-state index contributed by atoms with van der Waals surface area (Å²) >= 11 is 1.59. The standard InChI is InChI=1S/C13H17N3O3S2/c1-8-4-5-20-12(8)10-6-11(16-15-10)14-13(17)9(2)7-21(3,18)19/h4-6,9H,7H2,1-3H3,(H2,14,15,16,17)/t9-/m0/s1. The Hall–Kier alpha value is -1.67. The largest absolute Gasteiger partial charge is 0.309 e. The summed E-state index contributed by atoms with van der Waals surface area (Å²) in [4.78, 5) is 13.0. The molecule has 0 aliphatic carbocycles. The molecule has 0 aromatic carbocycles. The van der Waals surface area contributed by atoms with Crippen molar-refractivity contribution in [2.45, 2.75) is 13.8 Å². The number of nitrogens with zero attached hydrogens (tertiary/aromatic N) is 1. The van der Waals surface area contributed by atoms with Crippen LogP contribution in [0, 0.1) is 12.8 Å². The molecule has 1 amide bonds. The third kappa shape index (κ3) is 4.15. The summed E-state index contributed by atoms with van der Waals surface area (Å²) in [6.07, 6.45) is 1.11. The van der Waals surface area contributed by atoms with Crippen molar-refractivity contribution >= 4 is 32.9 Å². The first-order valence-electron chi connectivity index (χ1n) is 6.35. The van der Waals surface area contributed by atoms with Crippen LogP contribution < -0.4 is 5.32 Å². The number of anilines is 1. The first kappa shape index (κ1) is 15.7. The maximum Gasteiger partial charge on any atom is 0.229 e. The molecule has 0 aliphatic rings. The van der Waals surface area contributed by atoms with Gasteiger partial charge in [-0.15, -0.1) is 11.3 Å². The van der Waals surface area contributed by atoms with Crippen LogP contribution in [0.1, 0.15) is 12.5 Å². The number of aromatic amines is 1. The fourth-order valence-corrected chi connectivity index (χ4v) is 3.88. The zero-order valence-corrected chi connectivity index (χ0v) is 13.6. The van der Waals surface area contributed by atoms with E-state index < -0.39 is 15.8 Å². The lowest BCUT2D eigenvalue weighted by atomic mass is 10.2. The molecule has 0 unspecified atom stereocenters. The molecule has 2 aromatic heterocycles. The number of nitrogens with one attached hydrogen (secondary N) is 2. The molecule has 114 valence electrons. The molecular weight excluding hydrogens is 310 g/mol. The van der Waals surface area contributed by atoms with Gasteiger partial charge < -0.3 is 5.32 Å². The van der Waals surface area contributed by atoms with Crippen molar-refractivity contribution in [2.24, 2.45) is 5.92 Å². The van der Waals surface area contributed by atoms with Crippen LogP contribution in [0.4, 0.5) is 5.82 Å². The van der Waals surface area contributed by atoms with Gasteiger partial charge in [0.25, 0.3) is 0 Å². The minimum atomic E-state index is -3.18. The summed E-state index contributed by atoms with van der Waals surface area (Å²) in [5.41, 5.74) is 1.96. The first-order valence-corrected chi connectivity index (χ1v) is 9.29. The fraction of sp³-hybridized carbons (Fsp3) is 0.385. The normalized spacial score (nSPS) is 13.1. The van der Waals surface area contributed by atoms with E-state index in [-0.39, 0.29) is 11.7 Å². The number of amides is 1. The zero-order valence-electron chi connectivity index (χ0n) is 12.0.